The van der Waals surface area contributed by atoms with Crippen LogP contribution < -0.4 is 5.32 Å². The van der Waals surface area contributed by atoms with E-state index in [2.05, 4.69) is 53.9 Å². The van der Waals surface area contributed by atoms with Crippen LogP contribution in [0.5, 0.6) is 0 Å². The average Bonchev–Trinajstić information content (AvgIpc) is 2.61. The van der Waals surface area contributed by atoms with Crippen LogP contribution in [0.4, 0.5) is 5.69 Å². The van der Waals surface area contributed by atoms with Gasteiger partial charge in [0.1, 0.15) is 5.65 Å². The number of hydrogen-bond donors (Lipinski definition) is 1. The van der Waals surface area contributed by atoms with Crippen LogP contribution in [-0.2, 0) is 0 Å². The van der Waals surface area contributed by atoms with Gasteiger partial charge in [0.25, 0.3) is 0 Å². The van der Waals surface area contributed by atoms with Crippen LogP contribution in [0.3, 0.4) is 0 Å². The van der Waals surface area contributed by atoms with Gasteiger partial charge in [-0.15, -0.1) is 0 Å². The minimum atomic E-state index is 0.479. The first-order valence-electron chi connectivity index (χ1n) is 5.43. The lowest BCUT2D eigenvalue weighted by Crippen LogP contribution is -1.97. The van der Waals surface area contributed by atoms with E-state index in [0.717, 1.165) is 23.6 Å². The van der Waals surface area contributed by atoms with Crippen molar-refractivity contribution in [2.45, 2.75) is 26.7 Å². The van der Waals surface area contributed by atoms with Gasteiger partial charge in [0.15, 0.2) is 0 Å². The molecule has 2 aromatic heterocycles. The maximum Gasteiger partial charge on any atom is 0.137 e. The highest BCUT2D eigenvalue weighted by molar-refractivity contribution is 5.50. The standard InChI is InChI=1S/C12H17N3/c1-4-13-10-5-6-12-14-11(9(2)3)8-15(12)7-10/h5-9,13H,4H2,1-3H3. The van der Waals surface area contributed by atoms with Gasteiger partial charge in [-0.1, -0.05) is 13.8 Å². The van der Waals surface area contributed by atoms with Gasteiger partial charge in [-0.2, -0.15) is 0 Å². The SMILES string of the molecule is CCNc1ccc2nc(C(C)C)cn2c1. The van der Waals surface area contributed by atoms with Crippen LogP contribution >= 0.6 is 0 Å². The molecule has 3 nitrogen and oxygen atoms in total. The fourth-order valence-electron chi connectivity index (χ4n) is 1.60. The molecule has 2 rings (SSSR count). The second kappa shape index (κ2) is 3.93. The predicted octanol–water partition coefficient (Wildman–Crippen LogP) is 2.89. The van der Waals surface area contributed by atoms with Crippen molar-refractivity contribution >= 4 is 11.3 Å². The molecule has 0 aliphatic rings. The molecule has 0 spiro atoms. The summed E-state index contributed by atoms with van der Waals surface area (Å²) in [6, 6.07) is 4.11. The zero-order chi connectivity index (χ0) is 10.8. The monoisotopic (exact) mass is 203 g/mol. The second-order valence-corrected chi connectivity index (χ2v) is 4.03. The summed E-state index contributed by atoms with van der Waals surface area (Å²) in [7, 11) is 0. The molecule has 2 aromatic rings. The van der Waals surface area contributed by atoms with Gasteiger partial charge in [-0.05, 0) is 25.0 Å². The Morgan fingerprint density at radius 1 is 1.33 bits per heavy atom. The number of aromatic nitrogens is 2. The number of hydrogen-bond acceptors (Lipinski definition) is 2. The topological polar surface area (TPSA) is 29.3 Å². The van der Waals surface area contributed by atoms with Crippen molar-refractivity contribution in [1.29, 1.82) is 0 Å². The predicted molar refractivity (Wildman–Crippen MR) is 63.4 cm³/mol. The molecule has 0 saturated carbocycles. The van der Waals surface area contributed by atoms with Crippen LogP contribution in [0.25, 0.3) is 5.65 Å². The first kappa shape index (κ1) is 10.0. The third-order valence-electron chi connectivity index (χ3n) is 2.44. The summed E-state index contributed by atoms with van der Waals surface area (Å²) in [5.74, 6) is 0.479. The molecule has 0 atom stereocenters. The van der Waals surface area contributed by atoms with E-state index in [1.165, 1.54) is 0 Å². The van der Waals surface area contributed by atoms with Crippen molar-refractivity contribution in [1.82, 2.24) is 9.38 Å². The van der Waals surface area contributed by atoms with Gasteiger partial charge >= 0.3 is 0 Å². The van der Waals surface area contributed by atoms with Gasteiger partial charge < -0.3 is 9.72 Å². The van der Waals surface area contributed by atoms with Gasteiger partial charge in [0.05, 0.1) is 11.4 Å². The molecule has 15 heavy (non-hydrogen) atoms. The lowest BCUT2D eigenvalue weighted by molar-refractivity contribution is 0.834. The largest absolute Gasteiger partial charge is 0.384 e. The van der Waals surface area contributed by atoms with Crippen LogP contribution in [0.1, 0.15) is 32.4 Å². The summed E-state index contributed by atoms with van der Waals surface area (Å²) in [6.45, 7) is 7.36. The molecule has 0 bridgehead atoms. The number of anilines is 1. The molecule has 80 valence electrons. The first-order chi connectivity index (χ1) is 7.20. The van der Waals surface area contributed by atoms with E-state index in [9.17, 15) is 0 Å². The lowest BCUT2D eigenvalue weighted by Gasteiger charge is -2.02. The summed E-state index contributed by atoms with van der Waals surface area (Å²) in [4.78, 5) is 4.55. The van der Waals surface area contributed by atoms with Crippen molar-refractivity contribution in [3.05, 3.63) is 30.2 Å². The molecule has 0 radical (unpaired) electrons. The summed E-state index contributed by atoms with van der Waals surface area (Å²) in [5.41, 5.74) is 3.29. The second-order valence-electron chi connectivity index (χ2n) is 4.03. The number of fused-ring (bicyclic) bond motifs is 1. The number of nitrogens with zero attached hydrogens (tertiary/aromatic N) is 2. The number of rotatable bonds is 3. The van der Waals surface area contributed by atoms with Crippen LogP contribution in [0, 0.1) is 0 Å². The summed E-state index contributed by atoms with van der Waals surface area (Å²) in [6.07, 6.45) is 4.18. The van der Waals surface area contributed by atoms with Gasteiger partial charge in [0, 0.05) is 18.9 Å². The molecule has 0 fully saturated rings. The Labute approximate surface area is 90.1 Å². The molecule has 3 heteroatoms. The molecule has 2 heterocycles. The van der Waals surface area contributed by atoms with E-state index in [1.54, 1.807) is 0 Å². The van der Waals surface area contributed by atoms with Crippen molar-refractivity contribution in [2.75, 3.05) is 11.9 Å². The minimum Gasteiger partial charge on any atom is -0.384 e. The fraction of sp³-hybridized carbons (Fsp3) is 0.417. The Hall–Kier alpha value is -1.51. The highest BCUT2D eigenvalue weighted by Crippen LogP contribution is 2.16. The molecule has 0 amide bonds. The van der Waals surface area contributed by atoms with Crippen molar-refractivity contribution in [3.8, 4) is 0 Å². The summed E-state index contributed by atoms with van der Waals surface area (Å²) < 4.78 is 2.08. The zero-order valence-electron chi connectivity index (χ0n) is 9.49. The molecule has 0 aromatic carbocycles. The average molecular weight is 203 g/mol. The van der Waals surface area contributed by atoms with E-state index < -0.39 is 0 Å². The first-order valence-corrected chi connectivity index (χ1v) is 5.43. The van der Waals surface area contributed by atoms with Crippen LogP contribution in [0.2, 0.25) is 0 Å². The Bertz CT molecular complexity index is 457. The maximum absolute atomic E-state index is 4.55. The zero-order valence-corrected chi connectivity index (χ0v) is 9.49. The minimum absolute atomic E-state index is 0.479. The summed E-state index contributed by atoms with van der Waals surface area (Å²) >= 11 is 0. The van der Waals surface area contributed by atoms with Crippen LogP contribution in [0.15, 0.2) is 24.5 Å². The number of pyridine rings is 1. The molecule has 0 unspecified atom stereocenters. The van der Waals surface area contributed by atoms with E-state index in [-0.39, 0.29) is 0 Å². The highest BCUT2D eigenvalue weighted by atomic mass is 15.0. The van der Waals surface area contributed by atoms with Crippen molar-refractivity contribution in [3.63, 3.8) is 0 Å². The molecule has 0 aliphatic carbocycles. The van der Waals surface area contributed by atoms with Gasteiger partial charge in [0.2, 0.25) is 0 Å². The quantitative estimate of drug-likeness (QED) is 0.831. The molecule has 1 N–H and O–H groups in total. The molecule has 0 saturated heterocycles. The van der Waals surface area contributed by atoms with Crippen molar-refractivity contribution in [2.24, 2.45) is 0 Å². The van der Waals surface area contributed by atoms with E-state index >= 15 is 0 Å². The van der Waals surface area contributed by atoms with E-state index in [1.807, 2.05) is 6.07 Å². The molecular weight excluding hydrogens is 186 g/mol. The Balaban J connectivity index is 2.43. The molecular formula is C12H17N3. The lowest BCUT2D eigenvalue weighted by atomic mass is 10.2. The Morgan fingerprint density at radius 3 is 2.80 bits per heavy atom. The number of imidazole rings is 1. The van der Waals surface area contributed by atoms with E-state index in [0.29, 0.717) is 5.92 Å². The van der Waals surface area contributed by atoms with Crippen LogP contribution in [-0.4, -0.2) is 15.9 Å². The highest BCUT2D eigenvalue weighted by Gasteiger charge is 2.05. The summed E-state index contributed by atoms with van der Waals surface area (Å²) in [5, 5.41) is 3.29. The van der Waals surface area contributed by atoms with Crippen molar-refractivity contribution < 1.29 is 0 Å². The smallest absolute Gasteiger partial charge is 0.137 e. The third kappa shape index (κ3) is 1.96. The normalized spacial score (nSPS) is 11.2. The molecule has 0 aliphatic heterocycles. The third-order valence-corrected chi connectivity index (χ3v) is 2.44. The van der Waals surface area contributed by atoms with Gasteiger partial charge in [-0.25, -0.2) is 4.98 Å². The van der Waals surface area contributed by atoms with E-state index in [4.69, 9.17) is 0 Å². The maximum atomic E-state index is 4.55. The fourth-order valence-corrected chi connectivity index (χ4v) is 1.60. The number of nitrogens with one attached hydrogen (secondary N) is 1. The Morgan fingerprint density at radius 2 is 2.13 bits per heavy atom. The van der Waals surface area contributed by atoms with Gasteiger partial charge in [-0.3, -0.25) is 0 Å². The Kier molecular flexibility index (Phi) is 2.62.